The zero-order chi connectivity index (χ0) is 32.2. The van der Waals surface area contributed by atoms with Gasteiger partial charge in [-0.05, 0) is 80.0 Å². The number of carbonyl (C=O) groups is 3. The zero-order valence-corrected chi connectivity index (χ0v) is 26.9. The summed E-state index contributed by atoms with van der Waals surface area (Å²) in [7, 11) is -1.02. The molecule has 2 atom stereocenters. The van der Waals surface area contributed by atoms with Crippen LogP contribution in [0.3, 0.4) is 0 Å². The monoisotopic (exact) mass is 642 g/mol. The molecule has 5 N–H and O–H groups in total. The van der Waals surface area contributed by atoms with Gasteiger partial charge in [-0.2, -0.15) is 10.6 Å². The van der Waals surface area contributed by atoms with Gasteiger partial charge in [-0.3, -0.25) is 28.4 Å². The molecule has 0 saturated carbocycles. The number of piperazine rings is 1. The first-order chi connectivity index (χ1) is 21.5. The summed E-state index contributed by atoms with van der Waals surface area (Å²) in [5.41, 5.74) is 0.728. The molecule has 246 valence electrons. The number of nitrogens with zero attached hydrogens (tertiary/aromatic N) is 2. The number of carbonyl (C=O) groups excluding carboxylic acids is 3. The molecule has 0 radical (unpaired) electrons. The largest absolute Gasteiger partial charge is 0.457 e. The molecule has 45 heavy (non-hydrogen) atoms. The summed E-state index contributed by atoms with van der Waals surface area (Å²) in [5.74, 6) is 0.894. The number of aliphatic hydroxyl groups is 1. The maximum absolute atomic E-state index is 13.9. The van der Waals surface area contributed by atoms with Crippen LogP contribution in [0.15, 0.2) is 48.5 Å². The Hall–Kier alpha value is -3.16. The minimum Gasteiger partial charge on any atom is -0.457 e. The van der Waals surface area contributed by atoms with Crippen molar-refractivity contribution in [1.82, 2.24) is 20.4 Å². The average Bonchev–Trinajstić information content (AvgIpc) is 3.04. The van der Waals surface area contributed by atoms with Crippen LogP contribution in [0.5, 0.6) is 11.5 Å². The van der Waals surface area contributed by atoms with E-state index in [1.807, 2.05) is 24.3 Å². The van der Waals surface area contributed by atoms with Crippen LogP contribution in [0.1, 0.15) is 61.4 Å². The zero-order valence-electron chi connectivity index (χ0n) is 26.1. The Morgan fingerprint density at radius 2 is 1.64 bits per heavy atom. The lowest BCUT2D eigenvalue weighted by Gasteiger charge is -2.53. The summed E-state index contributed by atoms with van der Waals surface area (Å²) in [6.07, 6.45) is 2.43. The van der Waals surface area contributed by atoms with Crippen LogP contribution in [0.2, 0.25) is 0 Å². The molecule has 2 aromatic carbocycles. The van der Waals surface area contributed by atoms with Crippen molar-refractivity contribution in [2.75, 3.05) is 38.2 Å². The van der Waals surface area contributed by atoms with Crippen LogP contribution in [0, 0.1) is 5.92 Å². The standard InChI is InChI=1S/C33H46N4O7S/c1-3-4-17-37-31(40)28(29(38)24-13-20-45(42,43)21-14-24)35-32(41)33(37)15-18-36(19-16-33)22-23-5-9-26(10-6-23)44-27-11-7-25(8-12-27)30(39)34-2/h5-12,24,28-29,38,42-43H,3-4,13-22H2,1-2H3,(H,34,39)(H,35,41)/t28-,29-/m1/s1. The Balaban J connectivity index is 1.19. The predicted octanol–water partition coefficient (Wildman–Crippen LogP) is 3.82. The number of aliphatic hydroxyl groups excluding tert-OH is 1. The molecule has 3 heterocycles. The van der Waals surface area contributed by atoms with Gasteiger partial charge in [0.2, 0.25) is 11.8 Å². The highest BCUT2D eigenvalue weighted by atomic mass is 32.3. The number of rotatable bonds is 10. The highest BCUT2D eigenvalue weighted by Gasteiger charge is 2.55. The van der Waals surface area contributed by atoms with E-state index in [0.717, 1.165) is 18.4 Å². The lowest BCUT2D eigenvalue weighted by atomic mass is 9.79. The number of hydrogen-bond acceptors (Lipinski definition) is 8. The molecular formula is C33H46N4O7S. The molecule has 3 amide bonds. The van der Waals surface area contributed by atoms with Crippen molar-refractivity contribution in [3.8, 4) is 11.5 Å². The Morgan fingerprint density at radius 3 is 2.22 bits per heavy atom. The number of amides is 3. The van der Waals surface area contributed by atoms with Gasteiger partial charge >= 0.3 is 0 Å². The fraction of sp³-hybridized carbons (Fsp3) is 0.545. The van der Waals surface area contributed by atoms with E-state index in [9.17, 15) is 28.6 Å². The minimum absolute atomic E-state index is 0.151. The smallest absolute Gasteiger partial charge is 0.251 e. The summed E-state index contributed by atoms with van der Waals surface area (Å²) in [5, 5.41) is 16.7. The Labute approximate surface area is 266 Å². The first-order valence-corrected chi connectivity index (χ1v) is 17.8. The number of piperidine rings is 1. The second kappa shape index (κ2) is 14.1. The predicted molar refractivity (Wildman–Crippen MR) is 173 cm³/mol. The molecule has 0 aromatic heterocycles. The van der Waals surface area contributed by atoms with Crippen LogP contribution in [-0.4, -0.2) is 97.6 Å². The van der Waals surface area contributed by atoms with Gasteiger partial charge in [-0.25, -0.2) is 0 Å². The van der Waals surface area contributed by atoms with E-state index in [-0.39, 0.29) is 35.1 Å². The second-order valence-electron chi connectivity index (χ2n) is 12.5. The van der Waals surface area contributed by atoms with Gasteiger partial charge in [-0.1, -0.05) is 25.5 Å². The highest BCUT2D eigenvalue weighted by Crippen LogP contribution is 2.47. The van der Waals surface area contributed by atoms with Crippen molar-refractivity contribution in [3.05, 3.63) is 59.7 Å². The SMILES string of the molecule is CCCCN1C(=O)[C@@H]([C@H](O)C2CCS(O)(O)CC2)NC(=O)C12CCN(Cc1ccc(Oc3ccc(C(=O)NC)cc3)cc1)CC2. The quantitative estimate of drug-likeness (QED) is 0.262. The molecule has 3 aliphatic rings. The van der Waals surface area contributed by atoms with Gasteiger partial charge in [-0.15, -0.1) is 0 Å². The van der Waals surface area contributed by atoms with E-state index >= 15 is 0 Å². The van der Waals surface area contributed by atoms with Crippen LogP contribution in [-0.2, 0) is 16.1 Å². The summed E-state index contributed by atoms with van der Waals surface area (Å²) in [4.78, 5) is 43.4. The molecule has 1 spiro atoms. The van der Waals surface area contributed by atoms with Crippen LogP contribution >= 0.6 is 10.6 Å². The summed E-state index contributed by atoms with van der Waals surface area (Å²) >= 11 is 0. The van der Waals surface area contributed by atoms with E-state index < -0.39 is 28.3 Å². The highest BCUT2D eigenvalue weighted by molar-refractivity contribution is 8.24. The minimum atomic E-state index is -2.61. The summed E-state index contributed by atoms with van der Waals surface area (Å²) in [6, 6.07) is 13.8. The van der Waals surface area contributed by atoms with Crippen molar-refractivity contribution in [3.63, 3.8) is 0 Å². The number of likely N-dealkylation sites (tertiary alicyclic amines) is 1. The van der Waals surface area contributed by atoms with Gasteiger partial charge < -0.3 is 25.4 Å². The number of benzene rings is 2. The number of nitrogens with one attached hydrogen (secondary N) is 2. The molecule has 3 aliphatic heterocycles. The molecule has 0 aliphatic carbocycles. The van der Waals surface area contributed by atoms with Gasteiger partial charge in [0, 0.05) is 50.3 Å². The number of unbranched alkanes of at least 4 members (excludes halogenated alkanes) is 1. The van der Waals surface area contributed by atoms with Crippen molar-refractivity contribution in [2.45, 2.75) is 69.7 Å². The fourth-order valence-electron chi connectivity index (χ4n) is 6.70. The molecule has 0 unspecified atom stereocenters. The maximum Gasteiger partial charge on any atom is 0.251 e. The van der Waals surface area contributed by atoms with E-state index in [0.29, 0.717) is 68.9 Å². The van der Waals surface area contributed by atoms with Crippen molar-refractivity contribution < 1.29 is 33.3 Å². The van der Waals surface area contributed by atoms with Crippen LogP contribution in [0.4, 0.5) is 0 Å². The fourth-order valence-corrected chi connectivity index (χ4v) is 8.27. The normalized spacial score (nSPS) is 23.3. The second-order valence-corrected chi connectivity index (χ2v) is 14.9. The van der Waals surface area contributed by atoms with Gasteiger partial charge in [0.1, 0.15) is 23.1 Å². The molecule has 5 rings (SSSR count). The van der Waals surface area contributed by atoms with Crippen molar-refractivity contribution >= 4 is 28.3 Å². The molecule has 12 heteroatoms. The van der Waals surface area contributed by atoms with Gasteiger partial charge in [0.05, 0.1) is 6.10 Å². The molecule has 2 aromatic rings. The molecule has 3 fully saturated rings. The van der Waals surface area contributed by atoms with Crippen LogP contribution < -0.4 is 15.4 Å². The lowest BCUT2D eigenvalue weighted by Crippen LogP contribution is -2.75. The Kier molecular flexibility index (Phi) is 10.4. The lowest BCUT2D eigenvalue weighted by molar-refractivity contribution is -0.165. The van der Waals surface area contributed by atoms with E-state index in [1.54, 1.807) is 36.2 Å². The third kappa shape index (κ3) is 7.47. The van der Waals surface area contributed by atoms with E-state index in [4.69, 9.17) is 4.74 Å². The van der Waals surface area contributed by atoms with Crippen molar-refractivity contribution in [2.24, 2.45) is 5.92 Å². The summed E-state index contributed by atoms with van der Waals surface area (Å²) < 4.78 is 25.9. The number of ether oxygens (including phenoxy) is 1. The molecular weight excluding hydrogens is 596 g/mol. The maximum atomic E-state index is 13.9. The van der Waals surface area contributed by atoms with E-state index in [1.165, 1.54) is 0 Å². The summed E-state index contributed by atoms with van der Waals surface area (Å²) in [6.45, 7) is 4.51. The Bertz CT molecular complexity index is 1340. The van der Waals surface area contributed by atoms with Gasteiger partial charge in [0.15, 0.2) is 0 Å². The molecule has 11 nitrogen and oxygen atoms in total. The average molecular weight is 643 g/mol. The first kappa shape index (κ1) is 33.2. The van der Waals surface area contributed by atoms with Crippen LogP contribution in [0.25, 0.3) is 0 Å². The number of hydrogen-bond donors (Lipinski definition) is 5. The third-order valence-corrected chi connectivity index (χ3v) is 11.3. The Morgan fingerprint density at radius 1 is 1.04 bits per heavy atom. The topological polar surface area (TPSA) is 152 Å². The third-order valence-electron chi connectivity index (χ3n) is 9.54. The van der Waals surface area contributed by atoms with Crippen molar-refractivity contribution in [1.29, 1.82) is 0 Å². The molecule has 0 bridgehead atoms. The first-order valence-electron chi connectivity index (χ1n) is 15.9. The van der Waals surface area contributed by atoms with Gasteiger partial charge in [0.25, 0.3) is 5.91 Å². The van der Waals surface area contributed by atoms with E-state index in [2.05, 4.69) is 22.5 Å². The molecule has 3 saturated heterocycles.